The van der Waals surface area contributed by atoms with Gasteiger partial charge < -0.3 is 24.8 Å². The number of carbonyl (C=O) groups excluding carboxylic acids is 1. The summed E-state index contributed by atoms with van der Waals surface area (Å²) in [5.74, 6) is 1.23. The third-order valence-corrected chi connectivity index (χ3v) is 10.8. The first kappa shape index (κ1) is 34.6. The first-order valence-electron chi connectivity index (χ1n) is 18.0. The van der Waals surface area contributed by atoms with Crippen LogP contribution < -0.4 is 15.0 Å². The zero-order valence-corrected chi connectivity index (χ0v) is 29.4. The number of nitrogens with one attached hydrogen (secondary N) is 1. The molecule has 3 aliphatic rings. The fourth-order valence-corrected chi connectivity index (χ4v) is 8.24. The van der Waals surface area contributed by atoms with Gasteiger partial charge in [-0.25, -0.2) is 14.4 Å². The van der Waals surface area contributed by atoms with Crippen molar-refractivity contribution in [1.29, 1.82) is 5.26 Å². The fraction of sp³-hybridized carbons (Fsp3) is 0.538. The Morgan fingerprint density at radius 2 is 1.80 bits per heavy atom. The number of rotatable bonds is 10. The minimum Gasteiger partial charge on any atom is -0.451 e. The number of nitrogens with zero attached hydrogens (tertiary/aromatic N) is 6. The first-order chi connectivity index (χ1) is 23.6. The maximum absolute atomic E-state index is 14.4. The molecule has 1 unspecified atom stereocenters. The Balaban J connectivity index is 1.03. The van der Waals surface area contributed by atoms with Crippen LogP contribution in [0.2, 0.25) is 0 Å². The lowest BCUT2D eigenvalue weighted by molar-refractivity contribution is 0.0584. The number of carbonyl (C=O) groups is 1. The van der Waals surface area contributed by atoms with Gasteiger partial charge in [0.15, 0.2) is 11.6 Å². The lowest BCUT2D eigenvalue weighted by Gasteiger charge is -2.46. The molecule has 1 amide bonds. The van der Waals surface area contributed by atoms with Gasteiger partial charge in [0.1, 0.15) is 17.9 Å². The molecule has 49 heavy (non-hydrogen) atoms. The monoisotopic (exact) mass is 667 g/mol. The summed E-state index contributed by atoms with van der Waals surface area (Å²) in [6, 6.07) is 14.5. The third-order valence-electron chi connectivity index (χ3n) is 10.8. The minimum absolute atomic E-state index is 0.0520. The molecule has 0 bridgehead atoms. The molecule has 1 N–H and O–H groups in total. The predicted molar refractivity (Wildman–Crippen MR) is 190 cm³/mol. The quantitative estimate of drug-likeness (QED) is 0.237. The highest BCUT2D eigenvalue weighted by Gasteiger charge is 2.39. The number of ether oxygens (including phenoxy) is 1. The summed E-state index contributed by atoms with van der Waals surface area (Å²) >= 11 is 0. The van der Waals surface area contributed by atoms with E-state index in [9.17, 15) is 14.4 Å². The number of nitriles is 1. The van der Waals surface area contributed by atoms with Gasteiger partial charge in [0, 0.05) is 43.4 Å². The summed E-state index contributed by atoms with van der Waals surface area (Å²) in [7, 11) is 0. The molecule has 1 saturated carbocycles. The predicted octanol–water partition coefficient (Wildman–Crippen LogP) is 7.50. The fourth-order valence-electron chi connectivity index (χ4n) is 8.24. The van der Waals surface area contributed by atoms with Gasteiger partial charge in [-0.15, -0.1) is 0 Å². The Kier molecular flexibility index (Phi) is 10.7. The molecule has 1 spiro atoms. The molecular formula is C39H50FN7O2. The van der Waals surface area contributed by atoms with Crippen molar-refractivity contribution in [2.75, 3.05) is 42.9 Å². The van der Waals surface area contributed by atoms with Crippen molar-refractivity contribution in [3.63, 3.8) is 0 Å². The Bertz CT molecular complexity index is 1630. The van der Waals surface area contributed by atoms with Crippen molar-refractivity contribution in [3.8, 4) is 17.6 Å². The number of aromatic nitrogens is 2. The molecule has 3 aromatic rings. The zero-order chi connectivity index (χ0) is 34.5. The molecule has 0 radical (unpaired) electrons. The van der Waals surface area contributed by atoms with Crippen LogP contribution in [0.15, 0.2) is 55.0 Å². The maximum Gasteiger partial charge on any atom is 0.258 e. The van der Waals surface area contributed by atoms with Crippen molar-refractivity contribution >= 4 is 17.4 Å². The van der Waals surface area contributed by atoms with Crippen molar-refractivity contribution in [2.24, 2.45) is 11.3 Å². The van der Waals surface area contributed by atoms with E-state index in [4.69, 9.17) is 4.74 Å². The normalized spacial score (nSPS) is 19.7. The summed E-state index contributed by atoms with van der Waals surface area (Å²) < 4.78 is 20.7. The number of likely N-dealkylation sites (tertiary alicyclic amines) is 1. The smallest absolute Gasteiger partial charge is 0.258 e. The number of amides is 1. The molecule has 2 aromatic carbocycles. The SMILES string of the molecule is CC(C)N(C(=O)c1cc(F)ccc1Oc1cncnc1N1CCC(CN2CCC3(CCC(Nc4cccc(C#N)c4)CC3)CC2)C1)C(C)C. The lowest BCUT2D eigenvalue weighted by Crippen LogP contribution is -2.45. The molecule has 6 rings (SSSR count). The van der Waals surface area contributed by atoms with Gasteiger partial charge in [-0.3, -0.25) is 4.79 Å². The largest absolute Gasteiger partial charge is 0.451 e. The van der Waals surface area contributed by atoms with E-state index in [0.717, 1.165) is 44.8 Å². The highest BCUT2D eigenvalue weighted by atomic mass is 19.1. The summed E-state index contributed by atoms with van der Waals surface area (Å²) in [5, 5.41) is 12.9. The van der Waals surface area contributed by atoms with Crippen LogP contribution in [-0.4, -0.2) is 76.5 Å². The van der Waals surface area contributed by atoms with Crippen LogP contribution in [0, 0.1) is 28.5 Å². The summed E-state index contributed by atoms with van der Waals surface area (Å²) in [6.07, 6.45) is 11.6. The average Bonchev–Trinajstić information content (AvgIpc) is 3.56. The topological polar surface area (TPSA) is 97.6 Å². The van der Waals surface area contributed by atoms with E-state index in [1.165, 1.54) is 63.1 Å². The zero-order valence-electron chi connectivity index (χ0n) is 29.4. The summed E-state index contributed by atoms with van der Waals surface area (Å²) in [5.41, 5.74) is 2.40. The van der Waals surface area contributed by atoms with E-state index in [0.29, 0.717) is 40.3 Å². The lowest BCUT2D eigenvalue weighted by atomic mass is 9.67. The average molecular weight is 668 g/mol. The highest BCUT2D eigenvalue weighted by Crippen LogP contribution is 2.45. The molecule has 2 aliphatic heterocycles. The maximum atomic E-state index is 14.4. The van der Waals surface area contributed by atoms with E-state index in [2.05, 4.69) is 37.2 Å². The molecule has 3 heterocycles. The van der Waals surface area contributed by atoms with E-state index in [1.54, 1.807) is 11.1 Å². The van der Waals surface area contributed by atoms with Gasteiger partial charge in [-0.05, 0) is 133 Å². The molecule has 260 valence electrons. The highest BCUT2D eigenvalue weighted by molar-refractivity contribution is 5.97. The van der Waals surface area contributed by atoms with E-state index >= 15 is 0 Å². The van der Waals surface area contributed by atoms with Crippen LogP contribution in [0.5, 0.6) is 11.5 Å². The van der Waals surface area contributed by atoms with Gasteiger partial charge >= 0.3 is 0 Å². The molecule has 9 nitrogen and oxygen atoms in total. The molecule has 2 saturated heterocycles. The van der Waals surface area contributed by atoms with Crippen LogP contribution >= 0.6 is 0 Å². The van der Waals surface area contributed by atoms with Crippen molar-refractivity contribution in [3.05, 3.63) is 71.9 Å². The van der Waals surface area contributed by atoms with Gasteiger partial charge in [0.25, 0.3) is 5.91 Å². The summed E-state index contributed by atoms with van der Waals surface area (Å²) in [4.78, 5) is 29.1. The minimum atomic E-state index is -0.484. The summed E-state index contributed by atoms with van der Waals surface area (Å²) in [6.45, 7) is 12.9. The Hall–Kier alpha value is -4.23. The Morgan fingerprint density at radius 3 is 2.51 bits per heavy atom. The first-order valence-corrected chi connectivity index (χ1v) is 18.0. The Labute approximate surface area is 290 Å². The molecule has 1 atom stereocenters. The van der Waals surface area contributed by atoms with Gasteiger partial charge in [0.05, 0.1) is 23.4 Å². The molecule has 1 aromatic heterocycles. The second-order valence-electron chi connectivity index (χ2n) is 14.9. The van der Waals surface area contributed by atoms with Gasteiger partial charge in [-0.2, -0.15) is 5.26 Å². The van der Waals surface area contributed by atoms with Crippen LogP contribution in [-0.2, 0) is 0 Å². The number of halogens is 1. The Morgan fingerprint density at radius 1 is 1.04 bits per heavy atom. The molecule has 3 fully saturated rings. The van der Waals surface area contributed by atoms with E-state index < -0.39 is 5.82 Å². The third kappa shape index (κ3) is 8.16. The van der Waals surface area contributed by atoms with Gasteiger partial charge in [0.2, 0.25) is 0 Å². The van der Waals surface area contributed by atoms with Gasteiger partial charge in [-0.1, -0.05) is 6.07 Å². The second-order valence-corrected chi connectivity index (χ2v) is 14.9. The number of hydrogen-bond donors (Lipinski definition) is 1. The van der Waals surface area contributed by atoms with Crippen LogP contribution in [0.1, 0.15) is 88.6 Å². The number of benzene rings is 2. The van der Waals surface area contributed by atoms with E-state index in [-0.39, 0.29) is 23.6 Å². The molecule has 1 aliphatic carbocycles. The van der Waals surface area contributed by atoms with Crippen LogP contribution in [0.4, 0.5) is 15.9 Å². The van der Waals surface area contributed by atoms with Crippen LogP contribution in [0.25, 0.3) is 0 Å². The van der Waals surface area contributed by atoms with E-state index in [1.807, 2.05) is 45.9 Å². The number of hydrogen-bond acceptors (Lipinski definition) is 8. The van der Waals surface area contributed by atoms with Crippen molar-refractivity contribution in [1.82, 2.24) is 19.8 Å². The second kappa shape index (κ2) is 15.1. The number of piperidine rings is 1. The standard InChI is InChI=1S/C39H50FN7O2/c1-27(2)47(28(3)4)38(48)34-21-31(40)8-9-35(34)49-36-23-42-26-43-37(36)46-17-12-30(25-46)24-45-18-15-39(16-19-45)13-10-32(11-14-39)44-33-7-5-6-29(20-33)22-41/h5-9,20-21,23,26-28,30,32,44H,10-19,24-25H2,1-4H3. The van der Waals surface area contributed by atoms with Crippen molar-refractivity contribution in [2.45, 2.75) is 90.8 Å². The van der Waals surface area contributed by atoms with Crippen molar-refractivity contribution < 1.29 is 13.9 Å². The molecular weight excluding hydrogens is 617 g/mol. The van der Waals surface area contributed by atoms with Crippen LogP contribution in [0.3, 0.4) is 0 Å². The number of anilines is 2. The molecule has 10 heteroatoms.